The van der Waals surface area contributed by atoms with Crippen LogP contribution in [0.1, 0.15) is 56.1 Å². The first-order chi connectivity index (χ1) is 21.2. The second kappa shape index (κ2) is 15.6. The Hall–Kier alpha value is -3.31. The van der Waals surface area contributed by atoms with Gasteiger partial charge in [-0.2, -0.15) is 0 Å². The van der Waals surface area contributed by atoms with E-state index in [9.17, 15) is 29.7 Å². The summed E-state index contributed by atoms with van der Waals surface area (Å²) in [5, 5.41) is 41.6. The highest BCUT2D eigenvalue weighted by molar-refractivity contribution is 9.10. The number of aliphatic carboxylic acids is 1. The number of carboxylic acid groups (broad SMARTS) is 1. The van der Waals surface area contributed by atoms with E-state index >= 15 is 0 Å². The topological polar surface area (TPSA) is 145 Å². The molecule has 2 amide bonds. The number of hydrogen-bond acceptors (Lipinski definition) is 7. The van der Waals surface area contributed by atoms with E-state index in [-0.39, 0.29) is 50.0 Å². The number of aromatic hydroxyl groups is 1. The van der Waals surface area contributed by atoms with Crippen LogP contribution in [0.4, 0.5) is 0 Å². The number of amides is 2. The van der Waals surface area contributed by atoms with E-state index in [0.717, 1.165) is 21.2 Å². The average Bonchev–Trinajstić information content (AvgIpc) is 3.24. The summed E-state index contributed by atoms with van der Waals surface area (Å²) in [6.45, 7) is -0.0385. The molecule has 4 atom stereocenters. The molecule has 0 radical (unpaired) electrons. The summed E-state index contributed by atoms with van der Waals surface area (Å²) in [4.78, 5) is 39.0. The van der Waals surface area contributed by atoms with Crippen molar-refractivity contribution in [3.05, 3.63) is 75.3 Å². The molecule has 0 spiro atoms. The number of ether oxygens (including phenoxy) is 1. The summed E-state index contributed by atoms with van der Waals surface area (Å²) in [6, 6.07) is 14.9. The number of unbranched alkanes of at least 4 members (excludes halogenated alkanes) is 2. The van der Waals surface area contributed by atoms with Gasteiger partial charge in [-0.3, -0.25) is 19.3 Å². The van der Waals surface area contributed by atoms with Crippen molar-refractivity contribution >= 4 is 45.4 Å². The van der Waals surface area contributed by atoms with Gasteiger partial charge in [0.2, 0.25) is 11.8 Å². The number of imide groups is 1. The van der Waals surface area contributed by atoms with Crippen LogP contribution in [-0.4, -0.2) is 76.1 Å². The first kappa shape index (κ1) is 33.6. The van der Waals surface area contributed by atoms with E-state index in [0.29, 0.717) is 36.8 Å². The van der Waals surface area contributed by atoms with Crippen LogP contribution in [0.2, 0.25) is 0 Å². The molecule has 4 rings (SSSR count). The number of allylic oxidation sites excluding steroid dienone is 1. The molecular weight excluding hydrogens is 630 g/mol. The number of phenols is 1. The Morgan fingerprint density at radius 3 is 2.52 bits per heavy atom. The van der Waals surface area contributed by atoms with Gasteiger partial charge in [0.15, 0.2) is 0 Å². The first-order valence-electron chi connectivity index (χ1n) is 15.0. The number of aliphatic hydroxyl groups is 2. The van der Waals surface area contributed by atoms with Gasteiger partial charge in [-0.05, 0) is 78.7 Å². The van der Waals surface area contributed by atoms with E-state index in [4.69, 9.17) is 9.84 Å². The number of carboxylic acids is 1. The highest BCUT2D eigenvalue weighted by Gasteiger charge is 2.54. The number of halogens is 1. The maximum atomic E-state index is 13.6. The van der Waals surface area contributed by atoms with Crippen molar-refractivity contribution in [3.63, 3.8) is 0 Å². The van der Waals surface area contributed by atoms with E-state index < -0.39 is 36.4 Å². The Balaban J connectivity index is 1.57. The second-order valence-corrected chi connectivity index (χ2v) is 12.4. The number of hydrogen-bond donors (Lipinski definition) is 4. The maximum Gasteiger partial charge on any atom is 0.303 e. The molecule has 2 aromatic rings. The van der Waals surface area contributed by atoms with Crippen LogP contribution in [0.5, 0.6) is 5.75 Å². The Labute approximate surface area is 266 Å². The Morgan fingerprint density at radius 1 is 1.09 bits per heavy atom. The van der Waals surface area contributed by atoms with Crippen molar-refractivity contribution in [3.8, 4) is 5.75 Å². The molecule has 0 saturated carbocycles. The van der Waals surface area contributed by atoms with Crippen molar-refractivity contribution in [1.82, 2.24) is 4.90 Å². The van der Waals surface area contributed by atoms with Gasteiger partial charge < -0.3 is 25.2 Å². The van der Waals surface area contributed by atoms with Gasteiger partial charge in [0.25, 0.3) is 0 Å². The fourth-order valence-electron chi connectivity index (χ4n) is 6.50. The largest absolute Gasteiger partial charge is 0.507 e. The van der Waals surface area contributed by atoms with Gasteiger partial charge in [0.05, 0.1) is 31.2 Å². The number of nitrogens with zero attached hydrogens (tertiary/aromatic N) is 1. The Bertz CT molecular complexity index is 1410. The van der Waals surface area contributed by atoms with Gasteiger partial charge in [0.1, 0.15) is 5.75 Å². The lowest BCUT2D eigenvalue weighted by atomic mass is 9.68. The van der Waals surface area contributed by atoms with Crippen LogP contribution in [0.15, 0.2) is 64.1 Å². The van der Waals surface area contributed by atoms with Gasteiger partial charge in [-0.15, -0.1) is 0 Å². The standard InChI is InChI=1S/C34H40BrNO8/c1-44-20-24-18-26-32(34(43)36(33(26)42)15-7-3-6-10-30(40)41)27(19-37)31(24)29(39)13-11-22(21-8-4-2-5-9-21)16-23-17-25(35)12-14-28(23)38/h2,4-5,8-9,12,14,16-17,26-27,29,32,37-39H,3,6-7,10-11,13,15,18-20H2,1H3,(H,40,41)/b22-16-/t26-,27+,29-,32-/m1/s1. The molecule has 2 aromatic carbocycles. The molecule has 0 aromatic heterocycles. The zero-order chi connectivity index (χ0) is 31.8. The van der Waals surface area contributed by atoms with Crippen LogP contribution < -0.4 is 0 Å². The molecular formula is C34H40BrNO8. The van der Waals surface area contributed by atoms with Crippen LogP contribution in [-0.2, 0) is 19.1 Å². The monoisotopic (exact) mass is 669 g/mol. The molecule has 1 aliphatic heterocycles. The summed E-state index contributed by atoms with van der Waals surface area (Å²) in [5.74, 6) is -3.55. The molecule has 4 N–H and O–H groups in total. The molecule has 0 bridgehead atoms. The fourth-order valence-corrected chi connectivity index (χ4v) is 6.88. The minimum atomic E-state index is -1.01. The van der Waals surface area contributed by atoms with Crippen molar-refractivity contribution in [1.29, 1.82) is 0 Å². The summed E-state index contributed by atoms with van der Waals surface area (Å²) >= 11 is 3.46. The number of aliphatic hydroxyl groups excluding tert-OH is 2. The minimum Gasteiger partial charge on any atom is -0.507 e. The zero-order valence-corrected chi connectivity index (χ0v) is 26.4. The molecule has 1 aliphatic carbocycles. The highest BCUT2D eigenvalue weighted by Crippen LogP contribution is 2.46. The lowest BCUT2D eigenvalue weighted by molar-refractivity contribution is -0.141. The zero-order valence-electron chi connectivity index (χ0n) is 24.8. The lowest BCUT2D eigenvalue weighted by Crippen LogP contribution is -2.39. The van der Waals surface area contributed by atoms with E-state index in [1.54, 1.807) is 12.1 Å². The number of benzene rings is 2. The van der Waals surface area contributed by atoms with Crippen LogP contribution in [0.25, 0.3) is 11.6 Å². The molecule has 10 heteroatoms. The number of fused-ring (bicyclic) bond motifs is 1. The SMILES string of the molecule is COCC1=C([C@H](O)CC/C(=C/c2cc(Br)ccc2O)c2ccccc2)[C@H](CO)[C@@H]2C(=O)N(CCCCCC(=O)O)C(=O)[C@@H]2C1. The lowest BCUT2D eigenvalue weighted by Gasteiger charge is -2.36. The molecule has 1 saturated heterocycles. The maximum absolute atomic E-state index is 13.6. The predicted molar refractivity (Wildman–Crippen MR) is 169 cm³/mol. The third-order valence-electron chi connectivity index (χ3n) is 8.57. The molecule has 0 unspecified atom stereocenters. The van der Waals surface area contributed by atoms with Crippen molar-refractivity contribution in [2.24, 2.45) is 17.8 Å². The predicted octanol–water partition coefficient (Wildman–Crippen LogP) is 5.04. The number of likely N-dealkylation sites (tertiary alicyclic amines) is 1. The van der Waals surface area contributed by atoms with Gasteiger partial charge in [-0.25, -0.2) is 0 Å². The molecule has 9 nitrogen and oxygen atoms in total. The summed E-state index contributed by atoms with van der Waals surface area (Å²) in [7, 11) is 1.53. The average molecular weight is 671 g/mol. The third kappa shape index (κ3) is 7.85. The first-order valence-corrected chi connectivity index (χ1v) is 15.8. The molecule has 1 fully saturated rings. The van der Waals surface area contributed by atoms with Crippen LogP contribution in [0.3, 0.4) is 0 Å². The van der Waals surface area contributed by atoms with Crippen molar-refractivity contribution in [2.45, 2.75) is 51.0 Å². The normalized spacial score (nSPS) is 21.1. The van der Waals surface area contributed by atoms with Gasteiger partial charge >= 0.3 is 5.97 Å². The molecule has 1 heterocycles. The number of phenolic OH excluding ortho intramolecular Hbond substituents is 1. The summed E-state index contributed by atoms with van der Waals surface area (Å²) in [6.07, 6.45) is 3.44. The summed E-state index contributed by atoms with van der Waals surface area (Å²) < 4.78 is 6.27. The van der Waals surface area contributed by atoms with Crippen molar-refractivity contribution < 1.29 is 39.5 Å². The Kier molecular flexibility index (Phi) is 11.9. The highest BCUT2D eigenvalue weighted by atomic mass is 79.9. The van der Waals surface area contributed by atoms with Crippen LogP contribution >= 0.6 is 15.9 Å². The molecule has 2 aliphatic rings. The number of carbonyl (C=O) groups excluding carboxylic acids is 2. The van der Waals surface area contributed by atoms with Crippen LogP contribution in [0, 0.1) is 17.8 Å². The number of carbonyl (C=O) groups is 3. The molecule has 44 heavy (non-hydrogen) atoms. The van der Waals surface area contributed by atoms with E-state index in [1.807, 2.05) is 42.5 Å². The van der Waals surface area contributed by atoms with E-state index in [2.05, 4.69) is 15.9 Å². The second-order valence-electron chi connectivity index (χ2n) is 11.4. The van der Waals surface area contributed by atoms with Crippen molar-refractivity contribution in [2.75, 3.05) is 26.9 Å². The van der Waals surface area contributed by atoms with E-state index in [1.165, 1.54) is 12.0 Å². The van der Waals surface area contributed by atoms with Gasteiger partial charge in [0, 0.05) is 36.0 Å². The third-order valence-corrected chi connectivity index (χ3v) is 9.07. The Morgan fingerprint density at radius 2 is 1.84 bits per heavy atom. The quantitative estimate of drug-likeness (QED) is 0.0894. The molecule has 236 valence electrons. The smallest absolute Gasteiger partial charge is 0.303 e. The minimum absolute atomic E-state index is 0.0382. The summed E-state index contributed by atoms with van der Waals surface area (Å²) in [5.41, 5.74) is 3.72. The van der Waals surface area contributed by atoms with Gasteiger partial charge in [-0.1, -0.05) is 52.7 Å². The fraction of sp³-hybridized carbons (Fsp3) is 0.441. The number of rotatable bonds is 15. The number of methoxy groups -OCH3 is 1.